The van der Waals surface area contributed by atoms with Gasteiger partial charge in [0, 0.05) is 19.6 Å². The Morgan fingerprint density at radius 3 is 2.82 bits per heavy atom. The number of imide groups is 1. The maximum atomic E-state index is 12.9. The Hall–Kier alpha value is -2.12. The fourth-order valence-electron chi connectivity index (χ4n) is 4.50. The maximum Gasteiger partial charge on any atom is 0.325 e. The van der Waals surface area contributed by atoms with Gasteiger partial charge in [0.15, 0.2) is 0 Å². The standard InChI is InChI=1S/C20H26N4O3.ClH/c1-13-4-2-3-7-20(13)18(26)24(19(27)23-20)12-17(25)22-9-14-5-6-15-10-21-11-16(15)8-14;/h5-6,8,13,21H,2-4,7,9-12H2,1H3,(H,22,25)(H,23,27);1H. The third-order valence-electron chi connectivity index (χ3n) is 6.19. The molecular formula is C20H27ClN4O3. The summed E-state index contributed by atoms with van der Waals surface area (Å²) < 4.78 is 0. The lowest BCUT2D eigenvalue weighted by Gasteiger charge is -2.36. The van der Waals surface area contributed by atoms with Crippen molar-refractivity contribution < 1.29 is 14.4 Å². The molecule has 2 atom stereocenters. The van der Waals surface area contributed by atoms with E-state index >= 15 is 0 Å². The number of benzene rings is 1. The van der Waals surface area contributed by atoms with E-state index in [0.29, 0.717) is 13.0 Å². The molecule has 2 heterocycles. The molecule has 2 aliphatic heterocycles. The Balaban J connectivity index is 0.00000225. The second-order valence-electron chi connectivity index (χ2n) is 7.92. The molecule has 0 radical (unpaired) electrons. The van der Waals surface area contributed by atoms with Crippen molar-refractivity contribution in [1.82, 2.24) is 20.9 Å². The maximum absolute atomic E-state index is 12.9. The number of fused-ring (bicyclic) bond motifs is 1. The summed E-state index contributed by atoms with van der Waals surface area (Å²) in [7, 11) is 0. The summed E-state index contributed by atoms with van der Waals surface area (Å²) in [6.45, 7) is 3.89. The Morgan fingerprint density at radius 2 is 2.04 bits per heavy atom. The van der Waals surface area contributed by atoms with E-state index in [4.69, 9.17) is 0 Å². The van der Waals surface area contributed by atoms with Crippen molar-refractivity contribution in [2.45, 2.75) is 57.8 Å². The number of hydrogen-bond donors (Lipinski definition) is 3. The summed E-state index contributed by atoms with van der Waals surface area (Å²) in [5.74, 6) is -0.480. The summed E-state index contributed by atoms with van der Waals surface area (Å²) in [6.07, 6.45) is 3.56. The summed E-state index contributed by atoms with van der Waals surface area (Å²) in [5, 5.41) is 9.00. The minimum absolute atomic E-state index is 0. The normalized spacial score (nSPS) is 26.0. The molecule has 7 nitrogen and oxygen atoms in total. The van der Waals surface area contributed by atoms with Crippen LogP contribution in [-0.2, 0) is 29.2 Å². The second kappa shape index (κ2) is 8.09. The number of amides is 4. The molecule has 4 amide bonds. The molecule has 2 unspecified atom stereocenters. The average molecular weight is 407 g/mol. The molecule has 4 rings (SSSR count). The van der Waals surface area contributed by atoms with E-state index < -0.39 is 11.6 Å². The summed E-state index contributed by atoms with van der Waals surface area (Å²) in [4.78, 5) is 38.7. The van der Waals surface area contributed by atoms with E-state index in [1.807, 2.05) is 13.0 Å². The minimum atomic E-state index is -0.817. The number of carbonyl (C=O) groups is 3. The highest BCUT2D eigenvalue weighted by Gasteiger charge is 2.55. The van der Waals surface area contributed by atoms with Gasteiger partial charge in [0.2, 0.25) is 5.91 Å². The molecule has 8 heteroatoms. The number of halogens is 1. The van der Waals surface area contributed by atoms with Gasteiger partial charge in [-0.2, -0.15) is 0 Å². The first-order valence-electron chi connectivity index (χ1n) is 9.72. The van der Waals surface area contributed by atoms with Crippen LogP contribution in [0.2, 0.25) is 0 Å². The molecule has 2 fully saturated rings. The Bertz CT molecular complexity index is 800. The van der Waals surface area contributed by atoms with Crippen molar-refractivity contribution in [3.8, 4) is 0 Å². The van der Waals surface area contributed by atoms with Crippen LogP contribution in [0.4, 0.5) is 4.79 Å². The quantitative estimate of drug-likeness (QED) is 0.665. The minimum Gasteiger partial charge on any atom is -0.350 e. The highest BCUT2D eigenvalue weighted by atomic mass is 35.5. The van der Waals surface area contributed by atoms with Gasteiger partial charge in [-0.15, -0.1) is 12.4 Å². The average Bonchev–Trinajstić information content (AvgIpc) is 3.21. The molecular weight excluding hydrogens is 380 g/mol. The zero-order valence-electron chi connectivity index (χ0n) is 16.0. The van der Waals surface area contributed by atoms with E-state index in [2.05, 4.69) is 28.1 Å². The Labute approximate surface area is 171 Å². The third kappa shape index (κ3) is 3.61. The zero-order valence-corrected chi connectivity index (χ0v) is 16.9. The van der Waals surface area contributed by atoms with Gasteiger partial charge in [-0.25, -0.2) is 4.79 Å². The van der Waals surface area contributed by atoms with E-state index in [1.165, 1.54) is 11.1 Å². The predicted octanol–water partition coefficient (Wildman–Crippen LogP) is 1.83. The molecule has 1 spiro atoms. The van der Waals surface area contributed by atoms with Gasteiger partial charge < -0.3 is 16.0 Å². The summed E-state index contributed by atoms with van der Waals surface area (Å²) in [6, 6.07) is 5.70. The molecule has 1 aromatic rings. The van der Waals surface area contributed by atoms with Crippen molar-refractivity contribution in [1.29, 1.82) is 0 Å². The Morgan fingerprint density at radius 1 is 1.25 bits per heavy atom. The zero-order chi connectivity index (χ0) is 19.0. The van der Waals surface area contributed by atoms with E-state index in [0.717, 1.165) is 42.8 Å². The lowest BCUT2D eigenvalue weighted by molar-refractivity contribution is -0.137. The fourth-order valence-corrected chi connectivity index (χ4v) is 4.50. The first-order chi connectivity index (χ1) is 13.0. The van der Waals surface area contributed by atoms with Crippen LogP contribution in [0.1, 0.15) is 49.3 Å². The number of nitrogens with zero attached hydrogens (tertiary/aromatic N) is 1. The van der Waals surface area contributed by atoms with Gasteiger partial charge in [0.05, 0.1) is 0 Å². The largest absolute Gasteiger partial charge is 0.350 e. The summed E-state index contributed by atoms with van der Waals surface area (Å²) >= 11 is 0. The predicted molar refractivity (Wildman–Crippen MR) is 107 cm³/mol. The highest BCUT2D eigenvalue weighted by molar-refractivity contribution is 6.09. The van der Waals surface area contributed by atoms with Crippen LogP contribution in [0.25, 0.3) is 0 Å². The van der Waals surface area contributed by atoms with E-state index in [-0.39, 0.29) is 36.7 Å². The lowest BCUT2D eigenvalue weighted by Crippen LogP contribution is -2.54. The van der Waals surface area contributed by atoms with Crippen LogP contribution < -0.4 is 16.0 Å². The van der Waals surface area contributed by atoms with Gasteiger partial charge >= 0.3 is 6.03 Å². The first-order valence-corrected chi connectivity index (χ1v) is 9.72. The van der Waals surface area contributed by atoms with Gasteiger partial charge in [0.1, 0.15) is 12.1 Å². The van der Waals surface area contributed by atoms with Crippen molar-refractivity contribution in [2.75, 3.05) is 6.54 Å². The number of carbonyl (C=O) groups excluding carboxylic acids is 3. The van der Waals surface area contributed by atoms with Crippen molar-refractivity contribution in [3.63, 3.8) is 0 Å². The Kier molecular flexibility index (Phi) is 5.95. The number of urea groups is 1. The smallest absolute Gasteiger partial charge is 0.325 e. The van der Waals surface area contributed by atoms with Crippen LogP contribution in [0.15, 0.2) is 18.2 Å². The van der Waals surface area contributed by atoms with Crippen LogP contribution in [-0.4, -0.2) is 34.8 Å². The van der Waals surface area contributed by atoms with E-state index in [9.17, 15) is 14.4 Å². The molecule has 1 aliphatic carbocycles. The second-order valence-corrected chi connectivity index (χ2v) is 7.92. The molecule has 152 valence electrons. The van der Waals surface area contributed by atoms with Gasteiger partial charge in [-0.05, 0) is 35.4 Å². The van der Waals surface area contributed by atoms with Crippen LogP contribution >= 0.6 is 12.4 Å². The van der Waals surface area contributed by atoms with Gasteiger partial charge in [0.25, 0.3) is 5.91 Å². The first kappa shape index (κ1) is 20.6. The van der Waals surface area contributed by atoms with Crippen molar-refractivity contribution >= 4 is 30.3 Å². The monoisotopic (exact) mass is 406 g/mol. The summed E-state index contributed by atoms with van der Waals surface area (Å²) in [5.41, 5.74) is 2.74. The molecule has 1 aromatic carbocycles. The molecule has 0 bridgehead atoms. The topological polar surface area (TPSA) is 90.5 Å². The highest BCUT2D eigenvalue weighted by Crippen LogP contribution is 2.38. The van der Waals surface area contributed by atoms with Crippen molar-refractivity contribution in [2.24, 2.45) is 5.92 Å². The van der Waals surface area contributed by atoms with Crippen LogP contribution in [0, 0.1) is 5.92 Å². The van der Waals surface area contributed by atoms with Crippen LogP contribution in [0.3, 0.4) is 0 Å². The molecule has 3 N–H and O–H groups in total. The molecule has 1 saturated heterocycles. The van der Waals surface area contributed by atoms with Gasteiger partial charge in [-0.1, -0.05) is 38.0 Å². The van der Waals surface area contributed by atoms with Gasteiger partial charge in [-0.3, -0.25) is 14.5 Å². The van der Waals surface area contributed by atoms with E-state index in [1.54, 1.807) is 0 Å². The van der Waals surface area contributed by atoms with Crippen LogP contribution in [0.5, 0.6) is 0 Å². The number of nitrogens with one attached hydrogen (secondary N) is 3. The number of rotatable bonds is 4. The lowest BCUT2D eigenvalue weighted by atomic mass is 9.73. The molecule has 1 saturated carbocycles. The fraction of sp³-hybridized carbons (Fsp3) is 0.550. The molecule has 28 heavy (non-hydrogen) atoms. The number of hydrogen-bond acceptors (Lipinski definition) is 4. The van der Waals surface area contributed by atoms with Crippen molar-refractivity contribution in [3.05, 3.63) is 34.9 Å². The SMILES string of the molecule is CC1CCCCC12NC(=O)N(CC(=O)NCc1ccc3c(c1)CNC3)C2=O.Cl. The third-order valence-corrected chi connectivity index (χ3v) is 6.19. The molecule has 3 aliphatic rings. The molecule has 0 aromatic heterocycles.